The number of nitrogens with zero attached hydrogens (tertiary/aromatic N) is 7. The molecule has 1 atom stereocenters. The van der Waals surface area contributed by atoms with Gasteiger partial charge in [-0.3, -0.25) is 14.2 Å². The second kappa shape index (κ2) is 10.6. The number of benzene rings is 2. The van der Waals surface area contributed by atoms with E-state index in [-0.39, 0.29) is 16.8 Å². The monoisotopic (exact) mass is 648 g/mol. The van der Waals surface area contributed by atoms with Crippen LogP contribution < -0.4 is 10.2 Å². The molecule has 1 N–H and O–H groups in total. The van der Waals surface area contributed by atoms with Gasteiger partial charge in [0.05, 0.1) is 45.8 Å². The van der Waals surface area contributed by atoms with Gasteiger partial charge in [0.15, 0.2) is 5.65 Å². The first-order valence-corrected chi connectivity index (χ1v) is 17.4. The summed E-state index contributed by atoms with van der Waals surface area (Å²) in [5, 5.41) is 14.2. The number of aromatic nitrogens is 6. The summed E-state index contributed by atoms with van der Waals surface area (Å²) < 4.78 is 34.8. The molecule has 2 aliphatic heterocycles. The fourth-order valence-corrected chi connectivity index (χ4v) is 9.07. The molecule has 1 fully saturated rings. The molecule has 240 valence electrons. The normalized spacial score (nSPS) is 18.6. The van der Waals surface area contributed by atoms with E-state index in [1.165, 1.54) is 3.97 Å². The lowest BCUT2D eigenvalue weighted by atomic mass is 9.74. The van der Waals surface area contributed by atoms with Crippen molar-refractivity contribution in [3.05, 3.63) is 78.9 Å². The first-order valence-electron chi connectivity index (χ1n) is 16.0. The summed E-state index contributed by atoms with van der Waals surface area (Å²) in [4.78, 5) is 21.1. The molecular formula is C35H36N8O3S. The van der Waals surface area contributed by atoms with Crippen molar-refractivity contribution in [1.82, 2.24) is 33.8 Å². The predicted octanol–water partition coefficient (Wildman–Crippen LogP) is 5.26. The predicted molar refractivity (Wildman–Crippen MR) is 182 cm³/mol. The van der Waals surface area contributed by atoms with Gasteiger partial charge in [0.2, 0.25) is 5.91 Å². The minimum atomic E-state index is -4.19. The molecule has 4 aromatic heterocycles. The van der Waals surface area contributed by atoms with Crippen molar-refractivity contribution >= 4 is 43.6 Å². The first-order chi connectivity index (χ1) is 22.6. The minimum Gasteiger partial charge on any atom is -0.317 e. The molecule has 8 rings (SSSR count). The Morgan fingerprint density at radius 3 is 2.51 bits per heavy atom. The number of carbonyl (C=O) groups excluding carboxylic acids is 1. The number of fused-ring (bicyclic) bond motifs is 5. The molecule has 12 heteroatoms. The summed E-state index contributed by atoms with van der Waals surface area (Å²) in [6.45, 7) is 5.56. The molecule has 2 aromatic carbocycles. The number of hydrogen-bond donors (Lipinski definition) is 1. The molecule has 1 saturated heterocycles. The van der Waals surface area contributed by atoms with Crippen LogP contribution in [0, 0.1) is 0 Å². The van der Waals surface area contributed by atoms with Crippen LogP contribution in [-0.2, 0) is 27.3 Å². The van der Waals surface area contributed by atoms with Crippen LogP contribution in [-0.4, -0.2) is 63.0 Å². The van der Waals surface area contributed by atoms with Gasteiger partial charge in [-0.2, -0.15) is 10.2 Å². The zero-order valence-electron chi connectivity index (χ0n) is 26.8. The zero-order valence-corrected chi connectivity index (χ0v) is 27.6. The third-order valence-electron chi connectivity index (χ3n) is 9.88. The van der Waals surface area contributed by atoms with Crippen LogP contribution in [0.2, 0.25) is 0 Å². The Morgan fingerprint density at radius 1 is 0.936 bits per heavy atom. The maximum Gasteiger partial charge on any atom is 0.269 e. The number of amides is 1. The molecule has 0 radical (unpaired) electrons. The summed E-state index contributed by atoms with van der Waals surface area (Å²) in [7, 11) is -0.488. The van der Waals surface area contributed by atoms with Crippen molar-refractivity contribution in [1.29, 1.82) is 0 Å². The maximum absolute atomic E-state index is 14.9. The van der Waals surface area contributed by atoms with Gasteiger partial charge in [-0.25, -0.2) is 17.4 Å². The fourth-order valence-electron chi connectivity index (χ4n) is 7.55. The van der Waals surface area contributed by atoms with Gasteiger partial charge in [-0.1, -0.05) is 24.3 Å². The van der Waals surface area contributed by atoms with Gasteiger partial charge in [0.25, 0.3) is 10.0 Å². The van der Waals surface area contributed by atoms with Gasteiger partial charge < -0.3 is 10.2 Å². The lowest BCUT2D eigenvalue weighted by molar-refractivity contribution is -0.123. The molecule has 6 aromatic rings. The molecule has 0 saturated carbocycles. The Balaban J connectivity index is 1.59. The largest absolute Gasteiger partial charge is 0.317 e. The summed E-state index contributed by atoms with van der Waals surface area (Å²) in [6.07, 6.45) is 9.17. The highest BCUT2D eigenvalue weighted by Gasteiger charge is 2.52. The van der Waals surface area contributed by atoms with Crippen molar-refractivity contribution in [3.8, 4) is 22.4 Å². The summed E-state index contributed by atoms with van der Waals surface area (Å²) in [6, 6.07) is 14.6. The highest BCUT2D eigenvalue weighted by Crippen LogP contribution is 2.54. The van der Waals surface area contributed by atoms with Crippen LogP contribution in [0.4, 0.5) is 5.69 Å². The fraction of sp³-hybridized carbons (Fsp3) is 0.314. The lowest BCUT2D eigenvalue weighted by Gasteiger charge is -2.27. The number of pyridine rings is 1. The smallest absolute Gasteiger partial charge is 0.269 e. The summed E-state index contributed by atoms with van der Waals surface area (Å²) in [5.41, 5.74) is 4.59. The number of rotatable bonds is 5. The van der Waals surface area contributed by atoms with E-state index in [1.54, 1.807) is 54.7 Å². The second-order valence-corrected chi connectivity index (χ2v) is 14.7. The number of nitrogens with one attached hydrogen (secondary N) is 1. The van der Waals surface area contributed by atoms with Crippen LogP contribution in [0.15, 0.2) is 78.2 Å². The van der Waals surface area contributed by atoms with Gasteiger partial charge in [0.1, 0.15) is 0 Å². The molecular weight excluding hydrogens is 613 g/mol. The average molecular weight is 649 g/mol. The SMILES string of the molecule is CC(C)n1cc(-c2c(-c3ccc4c(cnn4C)c3)c3c4c(cnc3n2S(=O)(=O)c2ccccc2)N(C)C(=O)C42CCCNCC2)cn1. The van der Waals surface area contributed by atoms with E-state index >= 15 is 0 Å². The van der Waals surface area contributed by atoms with Crippen LogP contribution in [0.25, 0.3) is 44.3 Å². The molecule has 11 nitrogen and oxygen atoms in total. The van der Waals surface area contributed by atoms with Crippen molar-refractivity contribution in [2.45, 2.75) is 49.5 Å². The van der Waals surface area contributed by atoms with E-state index in [4.69, 9.17) is 4.98 Å². The lowest BCUT2D eigenvalue weighted by Crippen LogP contribution is -2.39. The Morgan fingerprint density at radius 2 is 1.74 bits per heavy atom. The summed E-state index contributed by atoms with van der Waals surface area (Å²) >= 11 is 0. The number of aryl methyl sites for hydroxylation is 1. The first kappa shape index (κ1) is 29.6. The molecule has 1 amide bonds. The molecule has 6 heterocycles. The van der Waals surface area contributed by atoms with Gasteiger partial charge in [-0.15, -0.1) is 0 Å². The quantitative estimate of drug-likeness (QED) is 0.271. The Kier molecular flexibility index (Phi) is 6.68. The maximum atomic E-state index is 14.9. The highest BCUT2D eigenvalue weighted by atomic mass is 32.2. The molecule has 0 bridgehead atoms. The number of hydrogen-bond acceptors (Lipinski definition) is 7. The van der Waals surface area contributed by atoms with Crippen LogP contribution >= 0.6 is 0 Å². The van der Waals surface area contributed by atoms with E-state index < -0.39 is 15.4 Å². The standard InChI is InChI=1S/C35H36N8O3S/c1-22(2)42-21-25(19-39-42)32-29(23-11-12-27-24(17-23)18-38-41(27)4)30-31-28(40(3)34(44)35(31)13-8-15-36-16-14-35)20-37-33(30)43(32)47(45,46)26-9-6-5-7-10-26/h5-7,9-12,17-22,36H,8,13-16H2,1-4H3. The minimum absolute atomic E-state index is 0.0204. The van der Waals surface area contributed by atoms with Gasteiger partial charge in [0, 0.05) is 53.8 Å². The van der Waals surface area contributed by atoms with Crippen molar-refractivity contribution in [2.24, 2.45) is 7.05 Å². The van der Waals surface area contributed by atoms with Crippen molar-refractivity contribution in [3.63, 3.8) is 0 Å². The van der Waals surface area contributed by atoms with E-state index in [9.17, 15) is 13.2 Å². The molecule has 2 aliphatic rings. The van der Waals surface area contributed by atoms with E-state index in [2.05, 4.69) is 15.5 Å². The molecule has 1 unspecified atom stereocenters. The summed E-state index contributed by atoms with van der Waals surface area (Å²) in [5.74, 6) is 0.0204. The Labute approximate surface area is 272 Å². The van der Waals surface area contributed by atoms with Crippen molar-refractivity contribution < 1.29 is 13.2 Å². The topological polar surface area (TPSA) is 120 Å². The second-order valence-electron chi connectivity index (χ2n) is 12.9. The van der Waals surface area contributed by atoms with Crippen LogP contribution in [0.5, 0.6) is 0 Å². The van der Waals surface area contributed by atoms with Crippen molar-refractivity contribution in [2.75, 3.05) is 25.0 Å². The molecule has 47 heavy (non-hydrogen) atoms. The van der Waals surface area contributed by atoms with E-state index in [0.29, 0.717) is 52.9 Å². The van der Waals surface area contributed by atoms with Gasteiger partial charge in [-0.05, 0) is 76.0 Å². The highest BCUT2D eigenvalue weighted by molar-refractivity contribution is 7.90. The number of carbonyl (C=O) groups is 1. The van der Waals surface area contributed by atoms with E-state index in [0.717, 1.165) is 35.0 Å². The van der Waals surface area contributed by atoms with Crippen LogP contribution in [0.3, 0.4) is 0 Å². The third kappa shape index (κ3) is 4.24. The Bertz CT molecular complexity index is 2310. The molecule has 0 aliphatic carbocycles. The van der Waals surface area contributed by atoms with E-state index in [1.807, 2.05) is 60.9 Å². The number of anilines is 1. The van der Waals surface area contributed by atoms with Crippen LogP contribution in [0.1, 0.15) is 44.7 Å². The Hall–Kier alpha value is -4.81. The molecule has 1 spiro atoms. The average Bonchev–Trinajstić information content (AvgIpc) is 3.79. The number of likely N-dealkylation sites (N-methyl/N-ethyl adjacent to an activating group) is 1. The zero-order chi connectivity index (χ0) is 32.7. The van der Waals surface area contributed by atoms with Gasteiger partial charge >= 0.3 is 0 Å². The third-order valence-corrected chi connectivity index (χ3v) is 11.6.